The van der Waals surface area contributed by atoms with Crippen molar-refractivity contribution in [2.24, 2.45) is 5.84 Å². The molecular formula is C10H18N6O3. The lowest BCUT2D eigenvalue weighted by molar-refractivity contribution is -0.385. The molecule has 9 nitrogen and oxygen atoms in total. The van der Waals surface area contributed by atoms with Gasteiger partial charge in [0, 0.05) is 13.6 Å². The quantitative estimate of drug-likeness (QED) is 0.379. The van der Waals surface area contributed by atoms with Crippen LogP contribution >= 0.6 is 0 Å². The average molecular weight is 270 g/mol. The van der Waals surface area contributed by atoms with Crippen LogP contribution in [0.2, 0.25) is 0 Å². The van der Waals surface area contributed by atoms with Gasteiger partial charge in [-0.1, -0.05) is 0 Å². The molecule has 0 aliphatic heterocycles. The first-order chi connectivity index (χ1) is 8.86. The highest BCUT2D eigenvalue weighted by Gasteiger charge is 2.24. The van der Waals surface area contributed by atoms with Gasteiger partial charge in [0.05, 0.1) is 11.0 Å². The number of nitrogens with zero attached hydrogens (tertiary/aromatic N) is 4. The van der Waals surface area contributed by atoms with Gasteiger partial charge in [-0.25, -0.2) is 10.8 Å². The molecule has 0 saturated carbocycles. The maximum absolute atomic E-state index is 11.1. The van der Waals surface area contributed by atoms with Crippen molar-refractivity contribution in [3.63, 3.8) is 0 Å². The molecular weight excluding hydrogens is 252 g/mol. The zero-order valence-electron chi connectivity index (χ0n) is 11.1. The van der Waals surface area contributed by atoms with E-state index in [2.05, 4.69) is 15.4 Å². The first-order valence-corrected chi connectivity index (χ1v) is 5.75. The van der Waals surface area contributed by atoms with E-state index in [9.17, 15) is 15.2 Å². The number of aliphatic hydroxyl groups is 1. The molecule has 9 heteroatoms. The van der Waals surface area contributed by atoms with Crippen LogP contribution in [0.25, 0.3) is 0 Å². The van der Waals surface area contributed by atoms with E-state index in [1.54, 1.807) is 18.9 Å². The third-order valence-corrected chi connectivity index (χ3v) is 2.60. The molecule has 0 spiro atoms. The second-order valence-electron chi connectivity index (χ2n) is 4.27. The van der Waals surface area contributed by atoms with Crippen molar-refractivity contribution < 1.29 is 10.0 Å². The predicted octanol–water partition coefficient (Wildman–Crippen LogP) is 0.186. The van der Waals surface area contributed by atoms with Gasteiger partial charge in [-0.2, -0.15) is 4.98 Å². The molecule has 0 fully saturated rings. The molecule has 1 aromatic rings. The monoisotopic (exact) mass is 270 g/mol. The van der Waals surface area contributed by atoms with E-state index in [1.807, 2.05) is 0 Å². The summed E-state index contributed by atoms with van der Waals surface area (Å²) in [7, 11) is 1.66. The Bertz CT molecular complexity index is 465. The minimum absolute atomic E-state index is 0.113. The highest BCUT2D eigenvalue weighted by atomic mass is 16.6. The van der Waals surface area contributed by atoms with Crippen molar-refractivity contribution in [1.29, 1.82) is 0 Å². The number of aromatic nitrogens is 2. The molecule has 0 aliphatic carbocycles. The number of nitrogens with one attached hydrogen (secondary N) is 1. The SMILES string of the molecule is Cc1nc(NN)nc(N(C)CCC(C)O)c1[N+](=O)[O-]. The fraction of sp³-hybridized carbons (Fsp3) is 0.600. The van der Waals surface area contributed by atoms with Crippen LogP contribution in [0.1, 0.15) is 19.0 Å². The van der Waals surface area contributed by atoms with Gasteiger partial charge in [-0.15, -0.1) is 0 Å². The summed E-state index contributed by atoms with van der Waals surface area (Å²) in [5, 5.41) is 20.3. The number of hydrazine groups is 1. The van der Waals surface area contributed by atoms with Gasteiger partial charge in [-0.3, -0.25) is 15.5 Å². The van der Waals surface area contributed by atoms with E-state index in [0.717, 1.165) is 0 Å². The Morgan fingerprint density at radius 2 is 2.21 bits per heavy atom. The van der Waals surface area contributed by atoms with Gasteiger partial charge >= 0.3 is 5.69 Å². The molecule has 0 aliphatic rings. The number of anilines is 2. The Hall–Kier alpha value is -2.00. The van der Waals surface area contributed by atoms with Gasteiger partial charge < -0.3 is 10.0 Å². The molecule has 0 amide bonds. The lowest BCUT2D eigenvalue weighted by Crippen LogP contribution is -2.25. The second-order valence-corrected chi connectivity index (χ2v) is 4.27. The van der Waals surface area contributed by atoms with Crippen molar-refractivity contribution in [3.05, 3.63) is 15.8 Å². The molecule has 1 atom stereocenters. The van der Waals surface area contributed by atoms with Crippen LogP contribution in [-0.2, 0) is 0 Å². The van der Waals surface area contributed by atoms with Crippen LogP contribution in [0.15, 0.2) is 0 Å². The first kappa shape index (κ1) is 15.1. The number of nitrogens with two attached hydrogens (primary N) is 1. The van der Waals surface area contributed by atoms with Crippen LogP contribution < -0.4 is 16.2 Å². The van der Waals surface area contributed by atoms with Gasteiger partial charge in [0.25, 0.3) is 0 Å². The Kier molecular flexibility index (Phi) is 4.95. The van der Waals surface area contributed by atoms with Crippen molar-refractivity contribution in [1.82, 2.24) is 9.97 Å². The van der Waals surface area contributed by atoms with Crippen LogP contribution in [0.5, 0.6) is 0 Å². The molecule has 1 heterocycles. The summed E-state index contributed by atoms with van der Waals surface area (Å²) in [6.07, 6.45) is -0.0150. The number of aliphatic hydroxyl groups excluding tert-OH is 1. The third kappa shape index (κ3) is 3.73. The maximum Gasteiger partial charge on any atom is 0.332 e. The van der Waals surface area contributed by atoms with E-state index in [0.29, 0.717) is 13.0 Å². The molecule has 0 saturated heterocycles. The summed E-state index contributed by atoms with van der Waals surface area (Å²) in [5.41, 5.74) is 2.34. The van der Waals surface area contributed by atoms with Crippen molar-refractivity contribution in [2.75, 3.05) is 23.9 Å². The van der Waals surface area contributed by atoms with E-state index in [-0.39, 0.29) is 23.1 Å². The molecule has 4 N–H and O–H groups in total. The normalized spacial score (nSPS) is 12.1. The van der Waals surface area contributed by atoms with E-state index < -0.39 is 11.0 Å². The number of aryl methyl sites for hydroxylation is 1. The van der Waals surface area contributed by atoms with Crippen LogP contribution in [0.4, 0.5) is 17.5 Å². The predicted molar refractivity (Wildman–Crippen MR) is 70.8 cm³/mol. The Morgan fingerprint density at radius 3 is 2.68 bits per heavy atom. The molecule has 1 aromatic heterocycles. The lowest BCUT2D eigenvalue weighted by atomic mass is 10.2. The summed E-state index contributed by atoms with van der Waals surface area (Å²) in [6, 6.07) is 0. The largest absolute Gasteiger partial charge is 0.393 e. The van der Waals surface area contributed by atoms with Crippen molar-refractivity contribution >= 4 is 17.5 Å². The summed E-state index contributed by atoms with van der Waals surface area (Å²) < 4.78 is 0. The van der Waals surface area contributed by atoms with Gasteiger partial charge in [0.2, 0.25) is 11.8 Å². The Labute approximate surface area is 110 Å². The second kappa shape index (κ2) is 6.25. The summed E-state index contributed by atoms with van der Waals surface area (Å²) in [4.78, 5) is 20.0. The number of nitrogen functional groups attached to an aromatic ring is 1. The summed E-state index contributed by atoms with van der Waals surface area (Å²) in [5.74, 6) is 5.52. The fourth-order valence-electron chi connectivity index (χ4n) is 1.58. The smallest absolute Gasteiger partial charge is 0.332 e. The fourth-order valence-corrected chi connectivity index (χ4v) is 1.58. The molecule has 1 rings (SSSR count). The van der Waals surface area contributed by atoms with E-state index in [4.69, 9.17) is 5.84 Å². The van der Waals surface area contributed by atoms with Gasteiger partial charge in [0.1, 0.15) is 5.69 Å². The minimum Gasteiger partial charge on any atom is -0.393 e. The summed E-state index contributed by atoms with van der Waals surface area (Å²) in [6.45, 7) is 3.60. The van der Waals surface area contributed by atoms with Crippen molar-refractivity contribution in [2.45, 2.75) is 26.4 Å². The van der Waals surface area contributed by atoms with Crippen LogP contribution in [0, 0.1) is 17.0 Å². The molecule has 0 bridgehead atoms. The highest BCUT2D eigenvalue weighted by molar-refractivity contribution is 5.61. The Balaban J connectivity index is 3.15. The molecule has 106 valence electrons. The molecule has 0 aromatic carbocycles. The number of nitro groups is 1. The molecule has 19 heavy (non-hydrogen) atoms. The summed E-state index contributed by atoms with van der Waals surface area (Å²) >= 11 is 0. The third-order valence-electron chi connectivity index (χ3n) is 2.60. The lowest BCUT2D eigenvalue weighted by Gasteiger charge is -2.19. The number of rotatable bonds is 6. The zero-order chi connectivity index (χ0) is 14.6. The van der Waals surface area contributed by atoms with E-state index >= 15 is 0 Å². The number of hydrogen-bond acceptors (Lipinski definition) is 8. The van der Waals surface area contributed by atoms with Crippen molar-refractivity contribution in [3.8, 4) is 0 Å². The van der Waals surface area contributed by atoms with Crippen LogP contribution in [-0.4, -0.2) is 39.7 Å². The van der Waals surface area contributed by atoms with Gasteiger partial charge in [-0.05, 0) is 20.3 Å². The zero-order valence-corrected chi connectivity index (χ0v) is 11.1. The Morgan fingerprint density at radius 1 is 1.58 bits per heavy atom. The van der Waals surface area contributed by atoms with Gasteiger partial charge in [0.15, 0.2) is 0 Å². The maximum atomic E-state index is 11.1. The van der Waals surface area contributed by atoms with E-state index in [1.165, 1.54) is 6.92 Å². The van der Waals surface area contributed by atoms with Crippen LogP contribution in [0.3, 0.4) is 0 Å². The topological polar surface area (TPSA) is 130 Å². The highest BCUT2D eigenvalue weighted by Crippen LogP contribution is 2.28. The molecule has 1 unspecified atom stereocenters. The molecule has 0 radical (unpaired) electrons. The number of hydrogen-bond donors (Lipinski definition) is 3. The standard InChI is InChI=1S/C10H18N6O3/c1-6(17)4-5-15(3)9-8(16(18)19)7(2)12-10(13-9)14-11/h6,17H,4-5,11H2,1-3H3,(H,12,13,14). The first-order valence-electron chi connectivity index (χ1n) is 5.75. The average Bonchev–Trinajstić information content (AvgIpc) is 2.34. The minimum atomic E-state index is -0.524.